The summed E-state index contributed by atoms with van der Waals surface area (Å²) in [6, 6.07) is -3.84. The van der Waals surface area contributed by atoms with Crippen molar-refractivity contribution in [1.29, 1.82) is 0 Å². The highest BCUT2D eigenvalue weighted by molar-refractivity contribution is 5.94. The summed E-state index contributed by atoms with van der Waals surface area (Å²) in [7, 11) is 0. The molecule has 0 aliphatic carbocycles. The van der Waals surface area contributed by atoms with Crippen LogP contribution in [0.2, 0.25) is 0 Å². The standard InChI is InChI=1S/C23H45N7O5/c1-7-13(5)17(21(33)30-18(22(34)35)14(6)8-2)29-20(32)16(12(3)4)28-19(31)15(24)10-9-11-27-23(25)26/h12-18H,7-11,24H2,1-6H3,(H,28,31)(H,29,32)(H,30,33)(H,34,35)(H4,25,26,27). The molecule has 12 nitrogen and oxygen atoms in total. The predicted octanol–water partition coefficient (Wildman–Crippen LogP) is -0.345. The van der Waals surface area contributed by atoms with Gasteiger partial charge in [-0.1, -0.05) is 54.4 Å². The summed E-state index contributed by atoms with van der Waals surface area (Å²) in [5.41, 5.74) is 16.5. The van der Waals surface area contributed by atoms with Gasteiger partial charge in [0.1, 0.15) is 18.1 Å². The zero-order chi connectivity index (χ0) is 27.3. The molecule has 0 aromatic heterocycles. The van der Waals surface area contributed by atoms with Crippen LogP contribution in [0.5, 0.6) is 0 Å². The van der Waals surface area contributed by atoms with Crippen LogP contribution in [-0.2, 0) is 19.2 Å². The summed E-state index contributed by atoms with van der Waals surface area (Å²) in [6.45, 7) is 11.1. The molecule has 35 heavy (non-hydrogen) atoms. The van der Waals surface area contributed by atoms with Crippen molar-refractivity contribution in [3.05, 3.63) is 0 Å². The van der Waals surface area contributed by atoms with Crippen LogP contribution in [0.25, 0.3) is 0 Å². The first-order chi connectivity index (χ1) is 16.3. The maximum absolute atomic E-state index is 13.1. The third-order valence-corrected chi connectivity index (χ3v) is 6.12. The fraction of sp³-hybridized carbons (Fsp3) is 0.783. The van der Waals surface area contributed by atoms with Gasteiger partial charge < -0.3 is 38.3 Å². The van der Waals surface area contributed by atoms with E-state index in [-0.39, 0.29) is 23.7 Å². The van der Waals surface area contributed by atoms with E-state index >= 15 is 0 Å². The molecule has 0 aliphatic rings. The van der Waals surface area contributed by atoms with Crippen LogP contribution in [-0.4, -0.2) is 65.5 Å². The molecule has 0 aliphatic heterocycles. The zero-order valence-electron chi connectivity index (χ0n) is 21.8. The van der Waals surface area contributed by atoms with Crippen molar-refractivity contribution in [3.8, 4) is 0 Å². The molecule has 0 fully saturated rings. The molecule has 6 atom stereocenters. The van der Waals surface area contributed by atoms with Gasteiger partial charge in [0.25, 0.3) is 0 Å². The van der Waals surface area contributed by atoms with Gasteiger partial charge >= 0.3 is 5.97 Å². The summed E-state index contributed by atoms with van der Waals surface area (Å²) in [5, 5.41) is 17.5. The van der Waals surface area contributed by atoms with Crippen LogP contribution in [0.15, 0.2) is 4.99 Å². The van der Waals surface area contributed by atoms with E-state index in [1.54, 1.807) is 27.7 Å². The van der Waals surface area contributed by atoms with Gasteiger partial charge in [-0.15, -0.1) is 0 Å². The number of nitrogens with zero attached hydrogens (tertiary/aromatic N) is 1. The molecule has 0 saturated carbocycles. The maximum Gasteiger partial charge on any atom is 0.326 e. The molecule has 0 rings (SSSR count). The Labute approximate surface area is 208 Å². The first-order valence-electron chi connectivity index (χ1n) is 12.2. The van der Waals surface area contributed by atoms with Gasteiger partial charge in [0.05, 0.1) is 6.04 Å². The normalized spacial score (nSPS) is 16.2. The summed E-state index contributed by atoms with van der Waals surface area (Å²) < 4.78 is 0. The van der Waals surface area contributed by atoms with Crippen LogP contribution in [0, 0.1) is 17.8 Å². The van der Waals surface area contributed by atoms with E-state index < -0.39 is 47.9 Å². The third-order valence-electron chi connectivity index (χ3n) is 6.12. The minimum atomic E-state index is -1.14. The summed E-state index contributed by atoms with van der Waals surface area (Å²) in [4.78, 5) is 54.2. The van der Waals surface area contributed by atoms with E-state index in [4.69, 9.17) is 17.2 Å². The van der Waals surface area contributed by atoms with Crippen LogP contribution >= 0.6 is 0 Å². The van der Waals surface area contributed by atoms with Gasteiger partial charge in [-0.25, -0.2) is 4.79 Å². The minimum Gasteiger partial charge on any atom is -0.480 e. The van der Waals surface area contributed by atoms with Gasteiger partial charge in [0.2, 0.25) is 17.7 Å². The number of amides is 3. The predicted molar refractivity (Wildman–Crippen MR) is 135 cm³/mol. The van der Waals surface area contributed by atoms with Crippen LogP contribution < -0.4 is 33.2 Å². The number of carboxylic acid groups (broad SMARTS) is 1. The molecule has 6 unspecified atom stereocenters. The Kier molecular flexibility index (Phi) is 14.6. The van der Waals surface area contributed by atoms with E-state index in [2.05, 4.69) is 20.9 Å². The Bertz CT molecular complexity index is 740. The Hall–Kier alpha value is -2.89. The number of carbonyl (C=O) groups is 4. The number of carbonyl (C=O) groups excluding carboxylic acids is 3. The second kappa shape index (κ2) is 15.9. The monoisotopic (exact) mass is 499 g/mol. The number of rotatable bonds is 16. The smallest absolute Gasteiger partial charge is 0.326 e. The molecule has 0 spiro atoms. The van der Waals surface area contributed by atoms with Crippen molar-refractivity contribution >= 4 is 29.7 Å². The second-order valence-electron chi connectivity index (χ2n) is 9.37. The molecule has 10 N–H and O–H groups in total. The summed E-state index contributed by atoms with van der Waals surface area (Å²) >= 11 is 0. The van der Waals surface area contributed by atoms with Crippen molar-refractivity contribution in [3.63, 3.8) is 0 Å². The van der Waals surface area contributed by atoms with E-state index in [0.717, 1.165) is 0 Å². The van der Waals surface area contributed by atoms with Gasteiger partial charge in [-0.3, -0.25) is 19.4 Å². The largest absolute Gasteiger partial charge is 0.480 e. The first-order valence-corrected chi connectivity index (χ1v) is 12.2. The second-order valence-corrected chi connectivity index (χ2v) is 9.37. The molecule has 12 heteroatoms. The lowest BCUT2D eigenvalue weighted by atomic mass is 9.94. The molecule has 0 bridgehead atoms. The van der Waals surface area contributed by atoms with E-state index in [9.17, 15) is 24.3 Å². The molecular weight excluding hydrogens is 454 g/mol. The summed E-state index contributed by atoms with van der Waals surface area (Å²) in [5.74, 6) is -3.66. The topological polar surface area (TPSA) is 215 Å². The van der Waals surface area contributed by atoms with E-state index in [1.807, 2.05) is 13.8 Å². The van der Waals surface area contributed by atoms with Gasteiger partial charge in [-0.05, 0) is 30.6 Å². The number of hydrogen-bond acceptors (Lipinski definition) is 6. The quantitative estimate of drug-likeness (QED) is 0.0844. The number of guanidine groups is 1. The van der Waals surface area contributed by atoms with E-state index in [0.29, 0.717) is 32.2 Å². The van der Waals surface area contributed by atoms with Gasteiger partial charge in [-0.2, -0.15) is 0 Å². The highest BCUT2D eigenvalue weighted by atomic mass is 16.4. The van der Waals surface area contributed by atoms with Gasteiger partial charge in [0.15, 0.2) is 5.96 Å². The molecule has 0 radical (unpaired) electrons. The Morgan fingerprint density at radius 1 is 0.800 bits per heavy atom. The number of carboxylic acids is 1. The molecule has 202 valence electrons. The minimum absolute atomic E-state index is 0.0432. The van der Waals surface area contributed by atoms with Crippen LogP contribution in [0.3, 0.4) is 0 Å². The van der Waals surface area contributed by atoms with Crippen molar-refractivity contribution in [2.24, 2.45) is 39.9 Å². The average molecular weight is 500 g/mol. The number of hydrogen-bond donors (Lipinski definition) is 7. The molecule has 0 saturated heterocycles. The van der Waals surface area contributed by atoms with Crippen molar-refractivity contribution in [1.82, 2.24) is 16.0 Å². The molecule has 0 aromatic rings. The third kappa shape index (κ3) is 11.4. The lowest BCUT2D eigenvalue weighted by Crippen LogP contribution is -2.60. The lowest BCUT2D eigenvalue weighted by Gasteiger charge is -2.30. The maximum atomic E-state index is 13.1. The molecule has 3 amide bonds. The lowest BCUT2D eigenvalue weighted by molar-refractivity contribution is -0.144. The highest BCUT2D eigenvalue weighted by Gasteiger charge is 2.34. The number of nitrogens with one attached hydrogen (secondary N) is 3. The summed E-state index contributed by atoms with van der Waals surface area (Å²) in [6.07, 6.45) is 1.94. The van der Waals surface area contributed by atoms with Gasteiger partial charge in [0, 0.05) is 6.54 Å². The van der Waals surface area contributed by atoms with Crippen molar-refractivity contribution in [2.75, 3.05) is 6.54 Å². The molecule has 0 aromatic carbocycles. The SMILES string of the molecule is CCC(C)C(NC(=O)C(NC(=O)C(NC(=O)C(N)CCCN=C(N)N)C(C)C)C(C)CC)C(=O)O. The fourth-order valence-electron chi connectivity index (χ4n) is 3.32. The molecular formula is C23H45N7O5. The molecule has 0 heterocycles. The Morgan fingerprint density at radius 2 is 1.26 bits per heavy atom. The van der Waals surface area contributed by atoms with Crippen LogP contribution in [0.1, 0.15) is 67.2 Å². The van der Waals surface area contributed by atoms with Crippen molar-refractivity contribution < 1.29 is 24.3 Å². The Morgan fingerprint density at radius 3 is 1.71 bits per heavy atom. The van der Waals surface area contributed by atoms with E-state index in [1.165, 1.54) is 0 Å². The highest BCUT2D eigenvalue weighted by Crippen LogP contribution is 2.13. The number of nitrogens with two attached hydrogens (primary N) is 3. The Balaban J connectivity index is 5.40. The number of aliphatic imine (C=N–C) groups is 1. The first kappa shape index (κ1) is 32.1. The van der Waals surface area contributed by atoms with Crippen molar-refractivity contribution in [2.45, 2.75) is 91.4 Å². The number of aliphatic carboxylic acids is 1. The zero-order valence-corrected chi connectivity index (χ0v) is 21.8. The fourth-order valence-corrected chi connectivity index (χ4v) is 3.32. The van der Waals surface area contributed by atoms with Crippen LogP contribution in [0.4, 0.5) is 0 Å². The average Bonchev–Trinajstić information content (AvgIpc) is 2.79.